The van der Waals surface area contributed by atoms with E-state index in [4.69, 9.17) is 4.52 Å². The van der Waals surface area contributed by atoms with Crippen molar-refractivity contribution in [3.05, 3.63) is 84.0 Å². The van der Waals surface area contributed by atoms with Crippen molar-refractivity contribution in [3.63, 3.8) is 0 Å². The van der Waals surface area contributed by atoms with Gasteiger partial charge in [-0.05, 0) is 53.6 Å². The second-order valence-corrected chi connectivity index (χ2v) is 7.53. The number of amides is 3. The molecule has 3 aromatic carbocycles. The zero-order chi connectivity index (χ0) is 21.6. The van der Waals surface area contributed by atoms with Crippen molar-refractivity contribution in [1.29, 1.82) is 0 Å². The maximum absolute atomic E-state index is 13.2. The predicted molar refractivity (Wildman–Crippen MR) is 110 cm³/mol. The molecule has 3 amide bonds. The average molecular weight is 416 g/mol. The molecule has 31 heavy (non-hydrogen) atoms. The van der Waals surface area contributed by atoms with Crippen LogP contribution in [0.15, 0.2) is 71.3 Å². The Morgan fingerprint density at radius 1 is 1.03 bits per heavy atom. The molecule has 0 saturated carbocycles. The molecule has 0 unspecified atom stereocenters. The largest absolute Gasteiger partial charge is 0.337 e. The predicted octanol–water partition coefficient (Wildman–Crippen LogP) is 4.00. The minimum Gasteiger partial charge on any atom is -0.337 e. The number of aromatic nitrogens is 2. The first-order valence-electron chi connectivity index (χ1n) is 9.66. The van der Waals surface area contributed by atoms with Crippen LogP contribution in [0.5, 0.6) is 0 Å². The first-order valence-corrected chi connectivity index (χ1v) is 9.66. The lowest BCUT2D eigenvalue weighted by Gasteiger charge is -2.22. The summed E-state index contributed by atoms with van der Waals surface area (Å²) in [4.78, 5) is 31.1. The van der Waals surface area contributed by atoms with Crippen LogP contribution in [0.3, 0.4) is 0 Å². The third-order valence-corrected chi connectivity index (χ3v) is 5.47. The average Bonchev–Trinajstić information content (AvgIpc) is 3.33. The number of nitrogens with one attached hydrogen (secondary N) is 1. The summed E-state index contributed by atoms with van der Waals surface area (Å²) in [5.41, 5.74) is 0.0418. The lowest BCUT2D eigenvalue weighted by atomic mass is 9.90. The van der Waals surface area contributed by atoms with Gasteiger partial charge < -0.3 is 9.84 Å². The topological polar surface area (TPSA) is 88.3 Å². The van der Waals surface area contributed by atoms with Crippen LogP contribution in [0, 0.1) is 5.82 Å². The van der Waals surface area contributed by atoms with Gasteiger partial charge in [0, 0.05) is 5.56 Å². The van der Waals surface area contributed by atoms with E-state index in [1.165, 1.54) is 24.3 Å². The van der Waals surface area contributed by atoms with Crippen LogP contribution >= 0.6 is 0 Å². The molecule has 4 aromatic rings. The van der Waals surface area contributed by atoms with E-state index in [2.05, 4.69) is 15.5 Å². The summed E-state index contributed by atoms with van der Waals surface area (Å²) in [6.45, 7) is 1.51. The Kier molecular flexibility index (Phi) is 4.28. The SMILES string of the molecule is C[C@@]1(c2ccc3ccccc3c2)NC(=O)N(Cc2nc(-c3ccc(F)cc3)no2)C1=O. The Bertz CT molecular complexity index is 1320. The number of urea groups is 1. The van der Waals surface area contributed by atoms with Gasteiger partial charge >= 0.3 is 6.03 Å². The number of carbonyl (C=O) groups is 2. The van der Waals surface area contributed by atoms with E-state index in [-0.39, 0.29) is 24.1 Å². The summed E-state index contributed by atoms with van der Waals surface area (Å²) in [5.74, 6) is -0.431. The Labute approximate surface area is 176 Å². The molecule has 1 N–H and O–H groups in total. The molecular weight excluding hydrogens is 399 g/mol. The molecule has 1 atom stereocenters. The number of imide groups is 1. The standard InChI is InChI=1S/C23H17FN4O3/c1-23(17-9-6-14-4-2-3-5-16(14)12-17)21(29)28(22(30)26-23)13-19-25-20(27-31-19)15-7-10-18(24)11-8-15/h2-12H,13H2,1H3,(H,26,30)/t23-/m0/s1. The van der Waals surface area contributed by atoms with Crippen molar-refractivity contribution in [2.45, 2.75) is 19.0 Å². The zero-order valence-electron chi connectivity index (χ0n) is 16.5. The minimum atomic E-state index is -1.21. The highest BCUT2D eigenvalue weighted by Gasteiger charge is 2.49. The van der Waals surface area contributed by atoms with E-state index in [1.54, 1.807) is 6.92 Å². The van der Waals surface area contributed by atoms with Gasteiger partial charge in [0.25, 0.3) is 5.91 Å². The maximum Gasteiger partial charge on any atom is 0.325 e. The smallest absolute Gasteiger partial charge is 0.325 e. The van der Waals surface area contributed by atoms with Crippen LogP contribution in [0.25, 0.3) is 22.2 Å². The van der Waals surface area contributed by atoms with Gasteiger partial charge in [-0.3, -0.25) is 9.69 Å². The van der Waals surface area contributed by atoms with Crippen LogP contribution in [0.1, 0.15) is 18.4 Å². The summed E-state index contributed by atoms with van der Waals surface area (Å²) in [6, 6.07) is 18.5. The quantitative estimate of drug-likeness (QED) is 0.508. The fourth-order valence-corrected chi connectivity index (χ4v) is 3.71. The van der Waals surface area contributed by atoms with E-state index >= 15 is 0 Å². The number of fused-ring (bicyclic) bond motifs is 1. The van der Waals surface area contributed by atoms with Crippen molar-refractivity contribution in [2.75, 3.05) is 0 Å². The normalized spacial score (nSPS) is 18.6. The monoisotopic (exact) mass is 416 g/mol. The van der Waals surface area contributed by atoms with Gasteiger partial charge in [-0.25, -0.2) is 9.18 Å². The van der Waals surface area contributed by atoms with Gasteiger partial charge in [0.2, 0.25) is 11.7 Å². The highest BCUT2D eigenvalue weighted by atomic mass is 19.1. The number of carbonyl (C=O) groups excluding carboxylic acids is 2. The summed E-state index contributed by atoms with van der Waals surface area (Å²) < 4.78 is 18.3. The number of benzene rings is 3. The number of hydrogen-bond donors (Lipinski definition) is 1. The highest BCUT2D eigenvalue weighted by Crippen LogP contribution is 2.32. The molecular formula is C23H17FN4O3. The van der Waals surface area contributed by atoms with Gasteiger partial charge in [-0.15, -0.1) is 0 Å². The lowest BCUT2D eigenvalue weighted by Crippen LogP contribution is -2.40. The van der Waals surface area contributed by atoms with Crippen molar-refractivity contribution in [1.82, 2.24) is 20.4 Å². The van der Waals surface area contributed by atoms with Crippen LogP contribution in [0.4, 0.5) is 9.18 Å². The first-order chi connectivity index (χ1) is 14.9. The molecule has 1 aromatic heterocycles. The summed E-state index contributed by atoms with van der Waals surface area (Å²) in [7, 11) is 0. The van der Waals surface area contributed by atoms with E-state index in [9.17, 15) is 14.0 Å². The molecule has 0 radical (unpaired) electrons. The lowest BCUT2D eigenvalue weighted by molar-refractivity contribution is -0.131. The third kappa shape index (κ3) is 3.22. The van der Waals surface area contributed by atoms with Crippen LogP contribution in [0.2, 0.25) is 0 Å². The molecule has 1 saturated heterocycles. The highest BCUT2D eigenvalue weighted by molar-refractivity contribution is 6.07. The van der Waals surface area contributed by atoms with Gasteiger partial charge in [-0.1, -0.05) is 41.6 Å². The number of halogens is 1. The fraction of sp³-hybridized carbons (Fsp3) is 0.130. The Balaban J connectivity index is 1.40. The molecule has 2 heterocycles. The van der Waals surface area contributed by atoms with Gasteiger partial charge in [-0.2, -0.15) is 4.98 Å². The van der Waals surface area contributed by atoms with Crippen LogP contribution < -0.4 is 5.32 Å². The van der Waals surface area contributed by atoms with E-state index < -0.39 is 17.5 Å². The van der Waals surface area contributed by atoms with E-state index in [1.807, 2.05) is 42.5 Å². The second-order valence-electron chi connectivity index (χ2n) is 7.53. The number of nitrogens with zero attached hydrogens (tertiary/aromatic N) is 3. The van der Waals surface area contributed by atoms with Gasteiger partial charge in [0.05, 0.1) is 0 Å². The first kappa shape index (κ1) is 18.9. The van der Waals surface area contributed by atoms with Crippen molar-refractivity contribution in [2.24, 2.45) is 0 Å². The molecule has 1 fully saturated rings. The number of rotatable bonds is 4. The minimum absolute atomic E-state index is 0.102. The summed E-state index contributed by atoms with van der Waals surface area (Å²) >= 11 is 0. The van der Waals surface area contributed by atoms with E-state index in [0.717, 1.165) is 15.7 Å². The third-order valence-electron chi connectivity index (χ3n) is 5.47. The Hall–Kier alpha value is -4.07. The summed E-state index contributed by atoms with van der Waals surface area (Å²) in [6.07, 6.45) is 0. The van der Waals surface area contributed by atoms with Crippen molar-refractivity contribution in [3.8, 4) is 11.4 Å². The molecule has 8 heteroatoms. The zero-order valence-corrected chi connectivity index (χ0v) is 16.5. The fourth-order valence-electron chi connectivity index (χ4n) is 3.71. The molecule has 0 aliphatic carbocycles. The van der Waals surface area contributed by atoms with E-state index in [0.29, 0.717) is 11.1 Å². The maximum atomic E-state index is 13.2. The number of hydrogen-bond acceptors (Lipinski definition) is 5. The second kappa shape index (κ2) is 7.02. The summed E-state index contributed by atoms with van der Waals surface area (Å²) in [5, 5.41) is 8.66. The molecule has 0 spiro atoms. The van der Waals surface area contributed by atoms with Crippen LogP contribution in [-0.4, -0.2) is 27.0 Å². The van der Waals surface area contributed by atoms with Gasteiger partial charge in [0.15, 0.2) is 0 Å². The Morgan fingerprint density at radius 2 is 1.77 bits per heavy atom. The van der Waals surface area contributed by atoms with Crippen molar-refractivity contribution >= 4 is 22.7 Å². The Morgan fingerprint density at radius 3 is 2.55 bits per heavy atom. The molecule has 0 bridgehead atoms. The van der Waals surface area contributed by atoms with Crippen molar-refractivity contribution < 1.29 is 18.5 Å². The molecule has 1 aliphatic rings. The van der Waals surface area contributed by atoms with Gasteiger partial charge in [0.1, 0.15) is 17.9 Å². The van der Waals surface area contributed by atoms with Crippen LogP contribution in [-0.2, 0) is 16.9 Å². The molecule has 7 nitrogen and oxygen atoms in total. The molecule has 154 valence electrons. The molecule has 5 rings (SSSR count). The molecule has 1 aliphatic heterocycles.